The van der Waals surface area contributed by atoms with E-state index in [9.17, 15) is 13.6 Å². The molecule has 1 aliphatic heterocycles. The molecule has 1 aliphatic rings. The van der Waals surface area contributed by atoms with Crippen LogP contribution in [0, 0.1) is 5.92 Å². The van der Waals surface area contributed by atoms with Gasteiger partial charge in [0.05, 0.1) is 37.1 Å². The molecule has 0 saturated carbocycles. The standard InChI is InChI=1S/C21H22F2N4O4/c1-11(13-7-19(28)25-9-13)31-21-26-15-8-14(24-10-16(15)27(21)20(22)23)12-4-5-17(29-2)18(6-12)30-3/h4-6,8,10-11,13,20H,7,9H2,1-3H3,(H,25,28)/t11-,13-/m1/s1. The van der Waals surface area contributed by atoms with E-state index in [4.69, 9.17) is 14.2 Å². The first kappa shape index (κ1) is 20.8. The zero-order chi connectivity index (χ0) is 22.1. The van der Waals surface area contributed by atoms with E-state index in [0.29, 0.717) is 40.2 Å². The smallest absolute Gasteiger partial charge is 0.323 e. The number of ether oxygens (including phenoxy) is 3. The number of methoxy groups -OCH3 is 2. The van der Waals surface area contributed by atoms with Gasteiger partial charge in [0, 0.05) is 24.4 Å². The second-order valence-electron chi connectivity index (χ2n) is 7.26. The van der Waals surface area contributed by atoms with Crippen LogP contribution in [0.5, 0.6) is 17.5 Å². The molecule has 1 saturated heterocycles. The van der Waals surface area contributed by atoms with Crippen molar-refractivity contribution in [1.82, 2.24) is 19.9 Å². The molecule has 10 heteroatoms. The maximum atomic E-state index is 13.8. The van der Waals surface area contributed by atoms with Crippen molar-refractivity contribution in [2.24, 2.45) is 5.92 Å². The molecule has 3 aromatic rings. The van der Waals surface area contributed by atoms with E-state index < -0.39 is 12.7 Å². The molecular formula is C21H22F2N4O4. The van der Waals surface area contributed by atoms with Gasteiger partial charge in [-0.05, 0) is 31.2 Å². The Labute approximate surface area is 177 Å². The van der Waals surface area contributed by atoms with Crippen LogP contribution in [0.4, 0.5) is 8.78 Å². The Morgan fingerprint density at radius 3 is 2.61 bits per heavy atom. The number of carbonyl (C=O) groups excluding carboxylic acids is 1. The lowest BCUT2D eigenvalue weighted by atomic mass is 10.0. The molecule has 1 amide bonds. The molecule has 0 radical (unpaired) electrons. The Bertz CT molecular complexity index is 1120. The molecule has 2 aromatic heterocycles. The maximum Gasteiger partial charge on any atom is 0.323 e. The largest absolute Gasteiger partial charge is 0.493 e. The molecule has 31 heavy (non-hydrogen) atoms. The van der Waals surface area contributed by atoms with Gasteiger partial charge in [0.25, 0.3) is 0 Å². The van der Waals surface area contributed by atoms with Gasteiger partial charge in [-0.3, -0.25) is 9.78 Å². The van der Waals surface area contributed by atoms with E-state index in [1.54, 1.807) is 38.3 Å². The number of carbonyl (C=O) groups is 1. The summed E-state index contributed by atoms with van der Waals surface area (Å²) in [5.74, 6) is 0.905. The highest BCUT2D eigenvalue weighted by molar-refractivity contribution is 5.81. The van der Waals surface area contributed by atoms with Crippen LogP contribution in [0.15, 0.2) is 30.5 Å². The quantitative estimate of drug-likeness (QED) is 0.616. The van der Waals surface area contributed by atoms with Crippen molar-refractivity contribution in [3.8, 4) is 28.8 Å². The van der Waals surface area contributed by atoms with Gasteiger partial charge >= 0.3 is 12.6 Å². The Kier molecular flexibility index (Phi) is 5.62. The van der Waals surface area contributed by atoms with Crippen molar-refractivity contribution in [3.63, 3.8) is 0 Å². The summed E-state index contributed by atoms with van der Waals surface area (Å²) in [6, 6.07) is 6.70. The minimum atomic E-state index is -2.86. The number of nitrogens with one attached hydrogen (secondary N) is 1. The number of pyridine rings is 1. The van der Waals surface area contributed by atoms with Crippen LogP contribution in [0.2, 0.25) is 0 Å². The first-order valence-electron chi connectivity index (χ1n) is 9.73. The molecule has 164 valence electrons. The number of hydrogen-bond acceptors (Lipinski definition) is 6. The highest BCUT2D eigenvalue weighted by Crippen LogP contribution is 2.34. The lowest BCUT2D eigenvalue weighted by Gasteiger charge is -2.19. The second-order valence-corrected chi connectivity index (χ2v) is 7.26. The third-order valence-corrected chi connectivity index (χ3v) is 5.38. The number of fused-ring (bicyclic) bond motifs is 1. The molecule has 0 unspecified atom stereocenters. The Hall–Kier alpha value is -3.43. The number of nitrogens with zero attached hydrogens (tertiary/aromatic N) is 3. The molecule has 1 N–H and O–H groups in total. The van der Waals surface area contributed by atoms with E-state index in [2.05, 4.69) is 15.3 Å². The van der Waals surface area contributed by atoms with Gasteiger partial charge in [-0.15, -0.1) is 0 Å². The second kappa shape index (κ2) is 8.37. The minimum Gasteiger partial charge on any atom is -0.493 e. The summed E-state index contributed by atoms with van der Waals surface area (Å²) in [5.41, 5.74) is 1.74. The van der Waals surface area contributed by atoms with Crippen LogP contribution < -0.4 is 19.5 Å². The van der Waals surface area contributed by atoms with Crippen LogP contribution in [0.3, 0.4) is 0 Å². The Balaban J connectivity index is 1.69. The summed E-state index contributed by atoms with van der Waals surface area (Å²) < 4.78 is 44.6. The minimum absolute atomic E-state index is 0.0772. The third-order valence-electron chi connectivity index (χ3n) is 5.38. The fraction of sp³-hybridized carbons (Fsp3) is 0.381. The van der Waals surface area contributed by atoms with Gasteiger partial charge in [0.15, 0.2) is 11.5 Å². The average Bonchev–Trinajstić information content (AvgIpc) is 3.35. The lowest BCUT2D eigenvalue weighted by molar-refractivity contribution is -0.119. The lowest BCUT2D eigenvalue weighted by Crippen LogP contribution is -2.26. The molecule has 2 atom stereocenters. The summed E-state index contributed by atoms with van der Waals surface area (Å²) in [5, 5.41) is 2.72. The zero-order valence-corrected chi connectivity index (χ0v) is 17.3. The number of rotatable bonds is 7. The molecule has 0 bridgehead atoms. The first-order chi connectivity index (χ1) is 14.9. The van der Waals surface area contributed by atoms with E-state index in [1.807, 2.05) is 0 Å². The molecule has 8 nitrogen and oxygen atoms in total. The monoisotopic (exact) mass is 432 g/mol. The topological polar surface area (TPSA) is 87.5 Å². The third kappa shape index (κ3) is 3.97. The van der Waals surface area contributed by atoms with Gasteiger partial charge in [0.1, 0.15) is 6.10 Å². The van der Waals surface area contributed by atoms with E-state index in [0.717, 1.165) is 5.56 Å². The summed E-state index contributed by atoms with van der Waals surface area (Å²) >= 11 is 0. The summed E-state index contributed by atoms with van der Waals surface area (Å²) in [7, 11) is 3.07. The Morgan fingerprint density at radius 2 is 1.97 bits per heavy atom. The van der Waals surface area contributed by atoms with Crippen molar-refractivity contribution in [1.29, 1.82) is 0 Å². The zero-order valence-electron chi connectivity index (χ0n) is 17.3. The van der Waals surface area contributed by atoms with Crippen molar-refractivity contribution in [3.05, 3.63) is 30.5 Å². The van der Waals surface area contributed by atoms with Crippen LogP contribution in [0.25, 0.3) is 22.3 Å². The van der Waals surface area contributed by atoms with Crippen molar-refractivity contribution in [2.45, 2.75) is 26.0 Å². The van der Waals surface area contributed by atoms with E-state index in [1.165, 1.54) is 13.3 Å². The number of aromatic nitrogens is 3. The Morgan fingerprint density at radius 1 is 1.19 bits per heavy atom. The molecule has 1 aromatic carbocycles. The van der Waals surface area contributed by atoms with Crippen molar-refractivity contribution < 1.29 is 27.8 Å². The first-order valence-corrected chi connectivity index (χ1v) is 9.73. The van der Waals surface area contributed by atoms with Crippen molar-refractivity contribution in [2.75, 3.05) is 20.8 Å². The predicted molar refractivity (Wildman–Crippen MR) is 109 cm³/mol. The maximum absolute atomic E-state index is 13.8. The summed E-state index contributed by atoms with van der Waals surface area (Å²) in [6.07, 6.45) is 1.17. The average molecular weight is 432 g/mol. The molecule has 3 heterocycles. The van der Waals surface area contributed by atoms with Crippen LogP contribution in [-0.2, 0) is 4.79 Å². The van der Waals surface area contributed by atoms with Crippen LogP contribution in [0.1, 0.15) is 19.9 Å². The normalized spacial score (nSPS) is 17.1. The number of halogens is 2. The summed E-state index contributed by atoms with van der Waals surface area (Å²) in [6.45, 7) is -0.669. The van der Waals surface area contributed by atoms with Gasteiger partial charge in [-0.2, -0.15) is 13.8 Å². The molecular weight excluding hydrogens is 410 g/mol. The van der Waals surface area contributed by atoms with Gasteiger partial charge < -0.3 is 19.5 Å². The highest BCUT2D eigenvalue weighted by atomic mass is 19.3. The van der Waals surface area contributed by atoms with Crippen LogP contribution >= 0.6 is 0 Å². The molecule has 1 fully saturated rings. The molecule has 4 rings (SSSR count). The van der Waals surface area contributed by atoms with E-state index >= 15 is 0 Å². The number of hydrogen-bond donors (Lipinski definition) is 1. The number of benzene rings is 1. The highest BCUT2D eigenvalue weighted by Gasteiger charge is 2.30. The molecule has 0 aliphatic carbocycles. The van der Waals surface area contributed by atoms with Crippen molar-refractivity contribution >= 4 is 16.9 Å². The summed E-state index contributed by atoms with van der Waals surface area (Å²) in [4.78, 5) is 20.1. The number of alkyl halides is 2. The number of imidazole rings is 1. The van der Waals surface area contributed by atoms with Gasteiger partial charge in [-0.1, -0.05) is 0 Å². The number of amides is 1. The van der Waals surface area contributed by atoms with E-state index in [-0.39, 0.29) is 23.4 Å². The molecule has 0 spiro atoms. The van der Waals surface area contributed by atoms with Crippen LogP contribution in [-0.4, -0.2) is 47.3 Å². The fourth-order valence-corrected chi connectivity index (χ4v) is 3.62. The fourth-order valence-electron chi connectivity index (χ4n) is 3.62. The SMILES string of the molecule is COc1ccc(-c2cc3nc(O[C@H](C)[C@H]4CNC(=O)C4)n(C(F)F)c3cn2)cc1OC. The van der Waals surface area contributed by atoms with Gasteiger partial charge in [0.2, 0.25) is 5.91 Å². The predicted octanol–water partition coefficient (Wildman–Crippen LogP) is 3.41. The van der Waals surface area contributed by atoms with Gasteiger partial charge in [-0.25, -0.2) is 4.57 Å².